The normalized spacial score (nSPS) is 16.6. The number of fused-ring (bicyclic) bond motifs is 1. The highest BCUT2D eigenvalue weighted by molar-refractivity contribution is 6.30. The van der Waals surface area contributed by atoms with Crippen molar-refractivity contribution in [2.45, 2.75) is 6.17 Å². The van der Waals surface area contributed by atoms with Crippen LogP contribution >= 0.6 is 24.0 Å². The van der Waals surface area contributed by atoms with Gasteiger partial charge < -0.3 is 14.9 Å². The second-order valence-corrected chi connectivity index (χ2v) is 5.24. The first-order valence-corrected chi connectivity index (χ1v) is 6.91. The summed E-state index contributed by atoms with van der Waals surface area (Å²) in [5, 5.41) is 10.1. The molecule has 1 aromatic carbocycles. The smallest absolute Gasteiger partial charge is 0.154 e. The van der Waals surface area contributed by atoms with Gasteiger partial charge >= 0.3 is 0 Å². The molecule has 21 heavy (non-hydrogen) atoms. The zero-order valence-electron chi connectivity index (χ0n) is 11.6. The van der Waals surface area contributed by atoms with E-state index in [-0.39, 0.29) is 25.2 Å². The number of benzene rings is 1. The van der Waals surface area contributed by atoms with E-state index in [2.05, 4.69) is 14.8 Å². The third kappa shape index (κ3) is 2.79. The summed E-state index contributed by atoms with van der Waals surface area (Å²) in [4.78, 5) is 8.73. The molecule has 0 radical (unpaired) electrons. The van der Waals surface area contributed by atoms with Gasteiger partial charge in [0.15, 0.2) is 5.82 Å². The van der Waals surface area contributed by atoms with E-state index in [0.717, 1.165) is 22.1 Å². The van der Waals surface area contributed by atoms with E-state index in [0.29, 0.717) is 6.54 Å². The van der Waals surface area contributed by atoms with Crippen LogP contribution in [0.25, 0.3) is 0 Å². The quantitative estimate of drug-likeness (QED) is 0.941. The molecule has 2 heterocycles. The Bertz CT molecular complexity index is 606. The summed E-state index contributed by atoms with van der Waals surface area (Å²) in [6.07, 6.45) is 1.81. The number of nitrogens with zero attached hydrogens (tertiary/aromatic N) is 3. The molecule has 1 aromatic heterocycles. The van der Waals surface area contributed by atoms with Crippen LogP contribution in [0.3, 0.4) is 0 Å². The molecule has 1 unspecified atom stereocenters. The topological polar surface area (TPSA) is 39.6 Å². The molecule has 0 aliphatic carbocycles. The first-order valence-electron chi connectivity index (χ1n) is 6.53. The highest BCUT2D eigenvalue weighted by atomic mass is 35.5. The van der Waals surface area contributed by atoms with Crippen LogP contribution in [0.5, 0.6) is 0 Å². The predicted molar refractivity (Wildman–Crippen MR) is 88.5 cm³/mol. The molecule has 4 nitrogen and oxygen atoms in total. The number of aliphatic hydroxyl groups excluding tert-OH is 1. The van der Waals surface area contributed by atoms with E-state index < -0.39 is 0 Å². The van der Waals surface area contributed by atoms with Crippen molar-refractivity contribution in [2.24, 2.45) is 0 Å². The van der Waals surface area contributed by atoms with Gasteiger partial charge in [-0.1, -0.05) is 23.7 Å². The molecule has 1 N–H and O–H groups in total. The van der Waals surface area contributed by atoms with E-state index >= 15 is 0 Å². The van der Waals surface area contributed by atoms with Crippen LogP contribution in [0.4, 0.5) is 11.5 Å². The maximum absolute atomic E-state index is 9.34. The standard InChI is InChI=1S/C15H16ClN3O.ClH/c1-18-13-3-2-8-17-14(13)19(9-10-20)15(18)11-4-6-12(16)7-5-11;/h2-8,15,20H,9-10H2,1H3;1H. The van der Waals surface area contributed by atoms with Gasteiger partial charge in [0, 0.05) is 24.8 Å². The fraction of sp³-hybridized carbons (Fsp3) is 0.267. The third-order valence-electron chi connectivity index (χ3n) is 3.59. The van der Waals surface area contributed by atoms with Crippen LogP contribution in [-0.4, -0.2) is 30.3 Å². The summed E-state index contributed by atoms with van der Waals surface area (Å²) in [5.74, 6) is 0.906. The Labute approximate surface area is 135 Å². The minimum Gasteiger partial charge on any atom is -0.395 e. The number of pyridine rings is 1. The van der Waals surface area contributed by atoms with Crippen LogP contribution in [0.15, 0.2) is 42.6 Å². The molecule has 0 bridgehead atoms. The fourth-order valence-corrected chi connectivity index (χ4v) is 2.84. The molecule has 0 saturated heterocycles. The van der Waals surface area contributed by atoms with Gasteiger partial charge in [0.1, 0.15) is 6.17 Å². The summed E-state index contributed by atoms with van der Waals surface area (Å²) in [6, 6.07) is 11.8. The van der Waals surface area contributed by atoms with Crippen LogP contribution in [-0.2, 0) is 0 Å². The molecule has 1 atom stereocenters. The van der Waals surface area contributed by atoms with Gasteiger partial charge in [0.05, 0.1) is 12.3 Å². The number of hydrogen-bond acceptors (Lipinski definition) is 4. The van der Waals surface area contributed by atoms with Crippen molar-refractivity contribution < 1.29 is 5.11 Å². The van der Waals surface area contributed by atoms with Gasteiger partial charge in [0.25, 0.3) is 0 Å². The van der Waals surface area contributed by atoms with Gasteiger partial charge in [-0.25, -0.2) is 4.98 Å². The van der Waals surface area contributed by atoms with E-state index in [1.54, 1.807) is 6.20 Å². The molecule has 3 rings (SSSR count). The van der Waals surface area contributed by atoms with Crippen LogP contribution in [0, 0.1) is 0 Å². The SMILES string of the molecule is CN1c2cccnc2N(CCO)C1c1ccc(Cl)cc1.Cl. The Morgan fingerprint density at radius 2 is 1.95 bits per heavy atom. The van der Waals surface area contributed by atoms with Gasteiger partial charge in [-0.2, -0.15) is 0 Å². The Kier molecular flexibility index (Phi) is 4.93. The Morgan fingerprint density at radius 3 is 2.62 bits per heavy atom. The average Bonchev–Trinajstić information content (AvgIpc) is 2.74. The second kappa shape index (κ2) is 6.52. The largest absolute Gasteiger partial charge is 0.395 e. The first kappa shape index (κ1) is 15.9. The molecule has 0 saturated carbocycles. The molecule has 112 valence electrons. The van der Waals surface area contributed by atoms with Crippen molar-refractivity contribution in [1.82, 2.24) is 4.98 Å². The number of rotatable bonds is 3. The third-order valence-corrected chi connectivity index (χ3v) is 3.84. The van der Waals surface area contributed by atoms with E-state index in [4.69, 9.17) is 11.6 Å². The van der Waals surface area contributed by atoms with Crippen molar-refractivity contribution in [3.8, 4) is 0 Å². The molecule has 0 spiro atoms. The van der Waals surface area contributed by atoms with E-state index in [9.17, 15) is 5.11 Å². The van der Waals surface area contributed by atoms with Gasteiger partial charge in [-0.05, 0) is 29.8 Å². The van der Waals surface area contributed by atoms with E-state index in [1.165, 1.54) is 0 Å². The summed E-state index contributed by atoms with van der Waals surface area (Å²) >= 11 is 5.96. The Balaban J connectivity index is 0.00000161. The molecule has 6 heteroatoms. The molecular weight excluding hydrogens is 309 g/mol. The van der Waals surface area contributed by atoms with Crippen molar-refractivity contribution in [3.63, 3.8) is 0 Å². The van der Waals surface area contributed by atoms with E-state index in [1.807, 2.05) is 43.4 Å². The number of aromatic nitrogens is 1. The molecule has 0 fully saturated rings. The highest BCUT2D eigenvalue weighted by Gasteiger charge is 2.35. The lowest BCUT2D eigenvalue weighted by Gasteiger charge is -2.30. The summed E-state index contributed by atoms with van der Waals surface area (Å²) in [7, 11) is 2.04. The molecule has 1 aliphatic heterocycles. The summed E-state index contributed by atoms with van der Waals surface area (Å²) in [6.45, 7) is 0.635. The van der Waals surface area contributed by atoms with Crippen LogP contribution < -0.4 is 9.80 Å². The number of hydrogen-bond donors (Lipinski definition) is 1. The maximum Gasteiger partial charge on any atom is 0.154 e. The van der Waals surface area contributed by atoms with Crippen molar-refractivity contribution >= 4 is 35.5 Å². The average molecular weight is 326 g/mol. The Morgan fingerprint density at radius 1 is 1.24 bits per heavy atom. The fourth-order valence-electron chi connectivity index (χ4n) is 2.72. The number of halogens is 2. The highest BCUT2D eigenvalue weighted by Crippen LogP contribution is 2.43. The summed E-state index contributed by atoms with van der Waals surface area (Å²) in [5.41, 5.74) is 2.20. The molecule has 0 amide bonds. The first-order chi connectivity index (χ1) is 9.72. The maximum atomic E-state index is 9.34. The van der Waals surface area contributed by atoms with Crippen LogP contribution in [0.1, 0.15) is 11.7 Å². The van der Waals surface area contributed by atoms with Crippen molar-refractivity contribution in [2.75, 3.05) is 30.0 Å². The Hall–Kier alpha value is -1.49. The lowest BCUT2D eigenvalue weighted by molar-refractivity contribution is 0.298. The molecular formula is C15H17Cl2N3O. The van der Waals surface area contributed by atoms with Gasteiger partial charge in [0.2, 0.25) is 0 Å². The number of β-amino-alcohol motifs (C(OH)–C–C–N with tert-alkyl or cyclic N) is 1. The minimum absolute atomic E-state index is 0. The lowest BCUT2D eigenvalue weighted by atomic mass is 10.1. The van der Waals surface area contributed by atoms with Gasteiger partial charge in [-0.15, -0.1) is 12.4 Å². The predicted octanol–water partition coefficient (Wildman–Crippen LogP) is 3.10. The zero-order chi connectivity index (χ0) is 14.1. The van der Waals surface area contributed by atoms with Gasteiger partial charge in [-0.3, -0.25) is 0 Å². The monoisotopic (exact) mass is 325 g/mol. The minimum atomic E-state index is 0. The molecule has 2 aromatic rings. The van der Waals surface area contributed by atoms with Crippen LogP contribution in [0.2, 0.25) is 5.02 Å². The number of anilines is 2. The number of aliphatic hydroxyl groups is 1. The summed E-state index contributed by atoms with van der Waals surface area (Å²) < 4.78 is 0. The van der Waals surface area contributed by atoms with Crippen molar-refractivity contribution in [3.05, 3.63) is 53.2 Å². The van der Waals surface area contributed by atoms with Crippen molar-refractivity contribution in [1.29, 1.82) is 0 Å². The molecule has 1 aliphatic rings. The second-order valence-electron chi connectivity index (χ2n) is 4.80. The zero-order valence-corrected chi connectivity index (χ0v) is 13.2. The lowest BCUT2D eigenvalue weighted by Crippen LogP contribution is -2.35.